The highest BCUT2D eigenvalue weighted by atomic mass is 32.1. The minimum Gasteiger partial charge on any atom is -0.438 e. The van der Waals surface area contributed by atoms with Crippen LogP contribution in [0.4, 0.5) is 0 Å². The molecule has 8 heteroatoms. The first kappa shape index (κ1) is 21.8. The van der Waals surface area contributed by atoms with E-state index in [0.29, 0.717) is 30.3 Å². The molecule has 4 rings (SSSR count). The normalized spacial score (nSPS) is 14.8. The summed E-state index contributed by atoms with van der Waals surface area (Å²) in [4.78, 5) is 25.9. The monoisotopic (exact) mass is 441 g/mol. The third-order valence-electron chi connectivity index (χ3n) is 5.48. The highest BCUT2D eigenvalue weighted by Crippen LogP contribution is 2.37. The van der Waals surface area contributed by atoms with E-state index in [0.717, 1.165) is 53.5 Å². The van der Waals surface area contributed by atoms with E-state index in [9.17, 15) is 4.79 Å². The van der Waals surface area contributed by atoms with Gasteiger partial charge in [-0.25, -0.2) is 4.98 Å². The van der Waals surface area contributed by atoms with E-state index in [2.05, 4.69) is 18.7 Å². The second-order valence-electron chi connectivity index (χ2n) is 7.71. The van der Waals surface area contributed by atoms with E-state index in [-0.39, 0.29) is 5.78 Å². The van der Waals surface area contributed by atoms with Crippen molar-refractivity contribution in [1.82, 2.24) is 14.9 Å². The van der Waals surface area contributed by atoms with Gasteiger partial charge < -0.3 is 14.2 Å². The van der Waals surface area contributed by atoms with Crippen LogP contribution in [0.5, 0.6) is 11.6 Å². The molecule has 1 aromatic carbocycles. The Hall–Kier alpha value is -2.39. The van der Waals surface area contributed by atoms with Crippen molar-refractivity contribution in [3.05, 3.63) is 45.6 Å². The summed E-state index contributed by atoms with van der Waals surface area (Å²) in [5, 5.41) is 0.937. The fourth-order valence-electron chi connectivity index (χ4n) is 3.63. The second kappa shape index (κ2) is 9.40. The van der Waals surface area contributed by atoms with E-state index in [1.165, 1.54) is 4.88 Å². The van der Waals surface area contributed by atoms with Crippen LogP contribution in [0.3, 0.4) is 0 Å². The Morgan fingerprint density at radius 3 is 2.71 bits per heavy atom. The number of aryl methyl sites for hydroxylation is 2. The standard InChI is InChI=1S/C23H27N3O4S/c1-14-16(3)31-23-21(14)22(24-20(25-23)12-26-7-9-29-10-8-26)30-19-6-5-17(15(2)27)11-18(19)13-28-4/h5-6,11H,7-10,12-13H2,1-4H3. The SMILES string of the molecule is COCc1cc(C(C)=O)ccc1Oc1nc(CN2CCOCC2)nc2sc(C)c(C)c12. The van der Waals surface area contributed by atoms with Crippen molar-refractivity contribution < 1.29 is 19.0 Å². The molecule has 2 aromatic heterocycles. The number of ketones is 1. The fourth-order valence-corrected chi connectivity index (χ4v) is 4.67. The van der Waals surface area contributed by atoms with E-state index >= 15 is 0 Å². The van der Waals surface area contributed by atoms with Crippen molar-refractivity contribution in [3.63, 3.8) is 0 Å². The number of ether oxygens (including phenoxy) is 3. The summed E-state index contributed by atoms with van der Waals surface area (Å²) in [6.07, 6.45) is 0. The number of morpholine rings is 1. The van der Waals surface area contributed by atoms with Crippen molar-refractivity contribution in [2.24, 2.45) is 0 Å². The van der Waals surface area contributed by atoms with Gasteiger partial charge in [0.15, 0.2) is 5.78 Å². The molecule has 0 unspecified atom stereocenters. The van der Waals surface area contributed by atoms with E-state index in [4.69, 9.17) is 24.2 Å². The highest BCUT2D eigenvalue weighted by molar-refractivity contribution is 7.18. The van der Waals surface area contributed by atoms with Crippen LogP contribution in [0.2, 0.25) is 0 Å². The molecular formula is C23H27N3O4S. The first-order valence-electron chi connectivity index (χ1n) is 10.3. The second-order valence-corrected chi connectivity index (χ2v) is 8.91. The van der Waals surface area contributed by atoms with Crippen molar-refractivity contribution in [2.45, 2.75) is 33.9 Å². The first-order chi connectivity index (χ1) is 15.0. The first-order valence-corrected chi connectivity index (χ1v) is 11.1. The minimum atomic E-state index is 0.00503. The number of thiophene rings is 1. The molecule has 0 amide bonds. The van der Waals surface area contributed by atoms with Gasteiger partial charge in [-0.1, -0.05) is 0 Å². The molecule has 0 radical (unpaired) electrons. The number of nitrogens with zero attached hydrogens (tertiary/aromatic N) is 3. The lowest BCUT2D eigenvalue weighted by Gasteiger charge is -2.25. The summed E-state index contributed by atoms with van der Waals surface area (Å²) >= 11 is 1.66. The van der Waals surface area contributed by atoms with Gasteiger partial charge in [0.1, 0.15) is 16.4 Å². The summed E-state index contributed by atoms with van der Waals surface area (Å²) in [6.45, 7) is 9.89. The summed E-state index contributed by atoms with van der Waals surface area (Å²) in [6, 6.07) is 5.41. The molecule has 0 bridgehead atoms. The molecule has 0 spiro atoms. The van der Waals surface area contributed by atoms with Crippen molar-refractivity contribution in [1.29, 1.82) is 0 Å². The van der Waals surface area contributed by atoms with Gasteiger partial charge in [0.25, 0.3) is 0 Å². The maximum atomic E-state index is 11.8. The summed E-state index contributed by atoms with van der Waals surface area (Å²) in [5.41, 5.74) is 2.56. The van der Waals surface area contributed by atoms with Crippen LogP contribution in [-0.4, -0.2) is 54.1 Å². The average molecular weight is 442 g/mol. The Bertz CT molecular complexity index is 1110. The van der Waals surface area contributed by atoms with Gasteiger partial charge in [0.05, 0.1) is 31.8 Å². The number of methoxy groups -OCH3 is 1. The van der Waals surface area contributed by atoms with E-state index in [1.807, 2.05) is 12.1 Å². The van der Waals surface area contributed by atoms with Crippen LogP contribution >= 0.6 is 11.3 Å². The van der Waals surface area contributed by atoms with Gasteiger partial charge in [0.2, 0.25) is 5.88 Å². The maximum Gasteiger partial charge on any atom is 0.231 e. The Balaban J connectivity index is 1.74. The topological polar surface area (TPSA) is 73.8 Å². The zero-order valence-corrected chi connectivity index (χ0v) is 19.2. The maximum absolute atomic E-state index is 11.8. The van der Waals surface area contributed by atoms with E-state index < -0.39 is 0 Å². The lowest BCUT2D eigenvalue weighted by molar-refractivity contribution is 0.0330. The molecule has 1 saturated heterocycles. The molecule has 0 N–H and O–H groups in total. The largest absolute Gasteiger partial charge is 0.438 e. The number of rotatable bonds is 7. The summed E-state index contributed by atoms with van der Waals surface area (Å²) in [7, 11) is 1.62. The lowest BCUT2D eigenvalue weighted by Crippen LogP contribution is -2.36. The Morgan fingerprint density at radius 2 is 2.00 bits per heavy atom. The Morgan fingerprint density at radius 1 is 1.23 bits per heavy atom. The van der Waals surface area contributed by atoms with Crippen LogP contribution in [0.1, 0.15) is 39.1 Å². The zero-order chi connectivity index (χ0) is 22.0. The van der Waals surface area contributed by atoms with Gasteiger partial charge in [-0.05, 0) is 44.5 Å². The predicted octanol–water partition coefficient (Wildman–Crippen LogP) is 4.28. The van der Waals surface area contributed by atoms with Crippen LogP contribution < -0.4 is 4.74 Å². The third-order valence-corrected chi connectivity index (χ3v) is 6.59. The molecule has 164 valence electrons. The number of hydrogen-bond acceptors (Lipinski definition) is 8. The van der Waals surface area contributed by atoms with Gasteiger partial charge in [-0.2, -0.15) is 4.98 Å². The predicted molar refractivity (Wildman–Crippen MR) is 120 cm³/mol. The van der Waals surface area contributed by atoms with Gasteiger partial charge in [0, 0.05) is 36.2 Å². The number of hydrogen-bond donors (Lipinski definition) is 0. The minimum absolute atomic E-state index is 0.00503. The number of carbonyl (C=O) groups is 1. The highest BCUT2D eigenvalue weighted by Gasteiger charge is 2.20. The molecule has 1 fully saturated rings. The van der Waals surface area contributed by atoms with Crippen molar-refractivity contribution in [2.75, 3.05) is 33.4 Å². The zero-order valence-electron chi connectivity index (χ0n) is 18.4. The van der Waals surface area contributed by atoms with Crippen molar-refractivity contribution >= 4 is 27.3 Å². The molecule has 0 saturated carbocycles. The van der Waals surface area contributed by atoms with Crippen LogP contribution in [0, 0.1) is 13.8 Å². The van der Waals surface area contributed by atoms with Crippen molar-refractivity contribution in [3.8, 4) is 11.6 Å². The molecule has 3 heterocycles. The number of Topliss-reactive ketones (excluding diaryl/α,β-unsaturated/α-hetero) is 1. The quantitative estimate of drug-likeness (QED) is 0.507. The molecule has 3 aromatic rings. The molecule has 0 atom stereocenters. The third kappa shape index (κ3) is 4.77. The van der Waals surface area contributed by atoms with E-state index in [1.54, 1.807) is 31.4 Å². The fraction of sp³-hybridized carbons (Fsp3) is 0.435. The number of benzene rings is 1. The number of fused-ring (bicyclic) bond motifs is 1. The van der Waals surface area contributed by atoms with Gasteiger partial charge >= 0.3 is 0 Å². The molecule has 31 heavy (non-hydrogen) atoms. The van der Waals surface area contributed by atoms with Gasteiger partial charge in [-0.3, -0.25) is 9.69 Å². The molecule has 7 nitrogen and oxygen atoms in total. The molecule has 0 aliphatic carbocycles. The summed E-state index contributed by atoms with van der Waals surface area (Å²) in [5.74, 6) is 1.92. The van der Waals surface area contributed by atoms with Crippen LogP contribution in [-0.2, 0) is 22.6 Å². The molecule has 1 aliphatic rings. The smallest absolute Gasteiger partial charge is 0.231 e. The average Bonchev–Trinajstić information content (AvgIpc) is 3.03. The Labute approximate surface area is 186 Å². The van der Waals surface area contributed by atoms with Gasteiger partial charge in [-0.15, -0.1) is 11.3 Å². The number of aromatic nitrogens is 2. The number of carbonyl (C=O) groups excluding carboxylic acids is 1. The Kier molecular flexibility index (Phi) is 6.62. The molecule has 1 aliphatic heterocycles. The van der Waals surface area contributed by atoms with Crippen LogP contribution in [0.25, 0.3) is 10.2 Å². The summed E-state index contributed by atoms with van der Waals surface area (Å²) < 4.78 is 17.1. The van der Waals surface area contributed by atoms with Crippen LogP contribution in [0.15, 0.2) is 18.2 Å². The molecular weight excluding hydrogens is 414 g/mol. The lowest BCUT2D eigenvalue weighted by atomic mass is 10.1.